The minimum absolute atomic E-state index is 0.0346. The zero-order valence-corrected chi connectivity index (χ0v) is 11.2. The van der Waals surface area contributed by atoms with Crippen LogP contribution in [0, 0.1) is 0 Å². The van der Waals surface area contributed by atoms with Crippen molar-refractivity contribution in [1.29, 1.82) is 0 Å². The maximum atomic E-state index is 5.83. The van der Waals surface area contributed by atoms with Crippen LogP contribution in [0.15, 0.2) is 24.8 Å². The first-order chi connectivity index (χ1) is 9.34. The van der Waals surface area contributed by atoms with Crippen molar-refractivity contribution in [3.8, 4) is 0 Å². The maximum Gasteiger partial charge on any atom is 0.157 e. The highest BCUT2D eigenvalue weighted by Gasteiger charge is 2.16. The molecule has 2 atom stereocenters. The minimum atomic E-state index is -0.0346. The van der Waals surface area contributed by atoms with E-state index in [4.69, 9.17) is 9.47 Å². The van der Waals surface area contributed by atoms with E-state index >= 15 is 0 Å². The van der Waals surface area contributed by atoms with E-state index in [2.05, 4.69) is 21.5 Å². The third-order valence-electron chi connectivity index (χ3n) is 3.51. The van der Waals surface area contributed by atoms with Crippen molar-refractivity contribution in [2.45, 2.75) is 38.5 Å². The summed E-state index contributed by atoms with van der Waals surface area (Å²) in [6, 6.07) is 2.26. The van der Waals surface area contributed by atoms with Gasteiger partial charge in [0, 0.05) is 24.4 Å². The van der Waals surface area contributed by atoms with Crippen molar-refractivity contribution in [2.75, 3.05) is 13.2 Å². The van der Waals surface area contributed by atoms with Crippen LogP contribution in [0.1, 0.15) is 32.2 Å². The van der Waals surface area contributed by atoms with Crippen LogP contribution in [-0.2, 0) is 9.47 Å². The van der Waals surface area contributed by atoms with Gasteiger partial charge < -0.3 is 14.0 Å². The Kier molecular flexibility index (Phi) is 3.75. The van der Waals surface area contributed by atoms with Crippen molar-refractivity contribution in [3.63, 3.8) is 0 Å². The molecule has 3 heterocycles. The Bertz CT molecular complexity index is 534. The van der Waals surface area contributed by atoms with Gasteiger partial charge in [0.25, 0.3) is 0 Å². The lowest BCUT2D eigenvalue weighted by Gasteiger charge is -2.24. The fraction of sp³-hybridized carbons (Fsp3) is 0.571. The Balaban J connectivity index is 1.64. The quantitative estimate of drug-likeness (QED) is 0.848. The molecule has 2 aromatic rings. The molecule has 0 amide bonds. The van der Waals surface area contributed by atoms with Crippen LogP contribution >= 0.6 is 0 Å². The van der Waals surface area contributed by atoms with E-state index in [1.165, 1.54) is 6.42 Å². The SMILES string of the molecule is C[C@H](COC1CCCCO1)n1ccc2cncnc21. The Morgan fingerprint density at radius 2 is 2.47 bits per heavy atom. The highest BCUT2D eigenvalue weighted by atomic mass is 16.7. The molecule has 5 heteroatoms. The number of fused-ring (bicyclic) bond motifs is 1. The first-order valence-electron chi connectivity index (χ1n) is 6.84. The van der Waals surface area contributed by atoms with E-state index < -0.39 is 0 Å². The van der Waals surface area contributed by atoms with Crippen molar-refractivity contribution in [1.82, 2.24) is 14.5 Å². The van der Waals surface area contributed by atoms with E-state index in [0.29, 0.717) is 6.61 Å². The fourth-order valence-electron chi connectivity index (χ4n) is 2.42. The molecule has 1 fully saturated rings. The number of hydrogen-bond acceptors (Lipinski definition) is 4. The molecule has 0 aromatic carbocycles. The second-order valence-electron chi connectivity index (χ2n) is 5.00. The van der Waals surface area contributed by atoms with Crippen LogP contribution in [0.5, 0.6) is 0 Å². The molecular weight excluding hydrogens is 242 g/mol. The molecule has 5 nitrogen and oxygen atoms in total. The standard InChI is InChI=1S/C14H19N3O2/c1-11(9-19-13-4-2-3-7-18-13)17-6-5-12-8-15-10-16-14(12)17/h5-6,8,10-11,13H,2-4,7,9H2,1H3/t11-,13?/m1/s1. The predicted molar refractivity (Wildman–Crippen MR) is 71.8 cm³/mol. The number of aromatic nitrogens is 3. The molecule has 2 aromatic heterocycles. The van der Waals surface area contributed by atoms with Gasteiger partial charge in [-0.1, -0.05) is 0 Å². The fourth-order valence-corrected chi connectivity index (χ4v) is 2.42. The summed E-state index contributed by atoms with van der Waals surface area (Å²) in [5, 5.41) is 1.06. The lowest BCUT2D eigenvalue weighted by molar-refractivity contribution is -0.166. The maximum absolute atomic E-state index is 5.83. The molecule has 0 spiro atoms. The Morgan fingerprint density at radius 3 is 3.32 bits per heavy atom. The van der Waals surface area contributed by atoms with Crippen LogP contribution in [-0.4, -0.2) is 34.0 Å². The average Bonchev–Trinajstić information content (AvgIpc) is 2.90. The topological polar surface area (TPSA) is 49.2 Å². The number of rotatable bonds is 4. The summed E-state index contributed by atoms with van der Waals surface area (Å²) >= 11 is 0. The molecule has 19 heavy (non-hydrogen) atoms. The van der Waals surface area contributed by atoms with E-state index in [0.717, 1.165) is 30.5 Å². The first kappa shape index (κ1) is 12.6. The Morgan fingerprint density at radius 1 is 1.53 bits per heavy atom. The van der Waals surface area contributed by atoms with Gasteiger partial charge in [-0.05, 0) is 32.3 Å². The minimum Gasteiger partial charge on any atom is -0.353 e. The van der Waals surface area contributed by atoms with Gasteiger partial charge in [-0.15, -0.1) is 0 Å². The van der Waals surface area contributed by atoms with Gasteiger partial charge in [-0.3, -0.25) is 0 Å². The van der Waals surface area contributed by atoms with Gasteiger partial charge >= 0.3 is 0 Å². The van der Waals surface area contributed by atoms with Gasteiger partial charge in [-0.25, -0.2) is 9.97 Å². The van der Waals surface area contributed by atoms with E-state index in [1.807, 2.05) is 18.5 Å². The van der Waals surface area contributed by atoms with Crippen LogP contribution < -0.4 is 0 Å². The van der Waals surface area contributed by atoms with Crippen LogP contribution in [0.4, 0.5) is 0 Å². The Hall–Kier alpha value is -1.46. The van der Waals surface area contributed by atoms with E-state index in [9.17, 15) is 0 Å². The van der Waals surface area contributed by atoms with Crippen molar-refractivity contribution >= 4 is 11.0 Å². The molecule has 1 aliphatic heterocycles. The van der Waals surface area contributed by atoms with Gasteiger partial charge in [0.1, 0.15) is 12.0 Å². The molecule has 1 unspecified atom stereocenters. The third-order valence-corrected chi connectivity index (χ3v) is 3.51. The summed E-state index contributed by atoms with van der Waals surface area (Å²) in [5.41, 5.74) is 0.954. The summed E-state index contributed by atoms with van der Waals surface area (Å²) in [4.78, 5) is 8.35. The van der Waals surface area contributed by atoms with Gasteiger partial charge in [0.15, 0.2) is 6.29 Å². The zero-order valence-electron chi connectivity index (χ0n) is 11.2. The number of ether oxygens (including phenoxy) is 2. The molecule has 1 aliphatic rings. The van der Waals surface area contributed by atoms with Crippen molar-refractivity contribution < 1.29 is 9.47 Å². The summed E-state index contributed by atoms with van der Waals surface area (Å²) in [7, 11) is 0. The lowest BCUT2D eigenvalue weighted by Crippen LogP contribution is -2.25. The van der Waals surface area contributed by atoms with Crippen LogP contribution in [0.2, 0.25) is 0 Å². The van der Waals surface area contributed by atoms with Gasteiger partial charge in [-0.2, -0.15) is 0 Å². The second kappa shape index (κ2) is 5.67. The van der Waals surface area contributed by atoms with E-state index in [1.54, 1.807) is 6.33 Å². The highest BCUT2D eigenvalue weighted by molar-refractivity contribution is 5.74. The van der Waals surface area contributed by atoms with Crippen LogP contribution in [0.25, 0.3) is 11.0 Å². The molecular formula is C14H19N3O2. The molecule has 3 rings (SSSR count). The Labute approximate surface area is 112 Å². The predicted octanol–water partition coefficient (Wildman–Crippen LogP) is 2.54. The largest absolute Gasteiger partial charge is 0.353 e. The molecule has 0 N–H and O–H groups in total. The summed E-state index contributed by atoms with van der Waals surface area (Å²) < 4.78 is 13.5. The van der Waals surface area contributed by atoms with E-state index in [-0.39, 0.29) is 12.3 Å². The summed E-state index contributed by atoms with van der Waals surface area (Å²) in [6.45, 7) is 3.58. The molecule has 0 bridgehead atoms. The zero-order chi connectivity index (χ0) is 13.1. The third kappa shape index (κ3) is 2.77. The summed E-state index contributed by atoms with van der Waals surface area (Å²) in [6.07, 6.45) is 8.75. The summed E-state index contributed by atoms with van der Waals surface area (Å²) in [5.74, 6) is 0. The van der Waals surface area contributed by atoms with Crippen molar-refractivity contribution in [3.05, 3.63) is 24.8 Å². The molecule has 0 saturated carbocycles. The number of hydrogen-bond donors (Lipinski definition) is 0. The van der Waals surface area contributed by atoms with Crippen molar-refractivity contribution in [2.24, 2.45) is 0 Å². The highest BCUT2D eigenvalue weighted by Crippen LogP contribution is 2.19. The second-order valence-corrected chi connectivity index (χ2v) is 5.00. The molecule has 102 valence electrons. The normalized spacial score (nSPS) is 21.6. The molecule has 1 saturated heterocycles. The van der Waals surface area contributed by atoms with Gasteiger partial charge in [0.2, 0.25) is 0 Å². The lowest BCUT2D eigenvalue weighted by atomic mass is 10.2. The molecule has 0 aliphatic carbocycles. The first-order valence-corrected chi connectivity index (χ1v) is 6.84. The van der Waals surface area contributed by atoms with Gasteiger partial charge in [0.05, 0.1) is 12.6 Å². The van der Waals surface area contributed by atoms with Crippen LogP contribution in [0.3, 0.4) is 0 Å². The smallest absolute Gasteiger partial charge is 0.157 e. The number of nitrogens with zero attached hydrogens (tertiary/aromatic N) is 3. The monoisotopic (exact) mass is 261 g/mol. The average molecular weight is 261 g/mol. The molecule has 0 radical (unpaired) electrons.